The van der Waals surface area contributed by atoms with Gasteiger partial charge in [0, 0.05) is 45.7 Å². The van der Waals surface area contributed by atoms with Gasteiger partial charge in [-0.05, 0) is 18.8 Å². The molecule has 0 aliphatic carbocycles. The van der Waals surface area contributed by atoms with Gasteiger partial charge < -0.3 is 20.1 Å². The van der Waals surface area contributed by atoms with E-state index >= 15 is 0 Å². The molecule has 0 aromatic rings. The number of unbranched alkanes of at least 4 members (excludes halogenated alkanes) is 1. The van der Waals surface area contributed by atoms with E-state index in [0.717, 1.165) is 58.2 Å². The smallest absolute Gasteiger partial charge is 0.305 e. The highest BCUT2D eigenvalue weighted by Gasteiger charge is 2.26. The quantitative estimate of drug-likeness (QED) is 0.150. The number of carbonyl (C=O) groups excluding carboxylic acids is 1. The number of ether oxygens (including phenoxy) is 2. The Kier molecular flexibility index (Phi) is 16.0. The average Bonchev–Trinajstić information content (AvgIpc) is 2.69. The third-order valence-corrected chi connectivity index (χ3v) is 5.14. The summed E-state index contributed by atoms with van der Waals surface area (Å²) in [6.45, 7) is 9.88. The molecule has 1 saturated heterocycles. The summed E-state index contributed by atoms with van der Waals surface area (Å²) < 4.78 is 10.2. The number of esters is 1. The van der Waals surface area contributed by atoms with E-state index in [1.807, 2.05) is 0 Å². The summed E-state index contributed by atoms with van der Waals surface area (Å²) in [5.41, 5.74) is 0. The molecule has 1 unspecified atom stereocenters. The number of hydrogen-bond acceptors (Lipinski definition) is 5. The highest BCUT2D eigenvalue weighted by molar-refractivity contribution is 14.0. The minimum atomic E-state index is -0.147. The summed E-state index contributed by atoms with van der Waals surface area (Å²) in [6.07, 6.45) is 4.56. The van der Waals surface area contributed by atoms with Crippen LogP contribution in [0.5, 0.6) is 0 Å². The molecule has 1 aliphatic heterocycles. The fraction of sp³-hybridized carbons (Fsp3) is 0.895. The van der Waals surface area contributed by atoms with Gasteiger partial charge in [0.15, 0.2) is 5.96 Å². The van der Waals surface area contributed by atoms with E-state index in [4.69, 9.17) is 4.74 Å². The van der Waals surface area contributed by atoms with Crippen molar-refractivity contribution in [3.63, 3.8) is 0 Å². The van der Waals surface area contributed by atoms with Crippen molar-refractivity contribution < 1.29 is 14.3 Å². The van der Waals surface area contributed by atoms with Crippen LogP contribution in [-0.2, 0) is 14.3 Å². The molecule has 160 valence electrons. The first-order valence-corrected chi connectivity index (χ1v) is 9.99. The lowest BCUT2D eigenvalue weighted by atomic mass is 9.92. The minimum absolute atomic E-state index is 0. The van der Waals surface area contributed by atoms with Crippen molar-refractivity contribution in [2.24, 2.45) is 10.9 Å². The zero-order valence-electron chi connectivity index (χ0n) is 17.5. The van der Waals surface area contributed by atoms with Crippen LogP contribution in [0.1, 0.15) is 46.0 Å². The SMILES string of the molecule is CCC(CC)C(CNC(=NC)NCCCCC(=O)OC)N1CCOCC1.I. The van der Waals surface area contributed by atoms with Crippen molar-refractivity contribution in [2.75, 3.05) is 53.6 Å². The number of guanidine groups is 1. The van der Waals surface area contributed by atoms with Crippen LogP contribution in [0.3, 0.4) is 0 Å². The van der Waals surface area contributed by atoms with Gasteiger partial charge in [0.2, 0.25) is 0 Å². The van der Waals surface area contributed by atoms with E-state index in [-0.39, 0.29) is 29.9 Å². The van der Waals surface area contributed by atoms with Gasteiger partial charge in [-0.25, -0.2) is 0 Å². The zero-order chi connectivity index (χ0) is 19.2. The number of nitrogens with zero attached hydrogens (tertiary/aromatic N) is 2. The first-order chi connectivity index (χ1) is 12.7. The van der Waals surface area contributed by atoms with Gasteiger partial charge in [-0.2, -0.15) is 0 Å². The Bertz CT molecular complexity index is 414. The lowest BCUT2D eigenvalue weighted by Gasteiger charge is -2.39. The molecule has 1 aliphatic rings. The lowest BCUT2D eigenvalue weighted by Crippen LogP contribution is -2.53. The van der Waals surface area contributed by atoms with Crippen LogP contribution in [0.2, 0.25) is 0 Å². The molecular formula is C19H39IN4O3. The van der Waals surface area contributed by atoms with Crippen LogP contribution in [0.25, 0.3) is 0 Å². The van der Waals surface area contributed by atoms with Crippen molar-refractivity contribution in [2.45, 2.75) is 52.0 Å². The van der Waals surface area contributed by atoms with Crippen LogP contribution in [0, 0.1) is 5.92 Å². The van der Waals surface area contributed by atoms with Crippen molar-refractivity contribution in [3.05, 3.63) is 0 Å². The molecule has 0 aromatic carbocycles. The topological polar surface area (TPSA) is 75.2 Å². The second-order valence-electron chi connectivity index (χ2n) is 6.71. The first-order valence-electron chi connectivity index (χ1n) is 9.99. The van der Waals surface area contributed by atoms with E-state index in [1.165, 1.54) is 20.0 Å². The number of morpholine rings is 1. The van der Waals surface area contributed by atoms with Gasteiger partial charge in [0.25, 0.3) is 0 Å². The maximum absolute atomic E-state index is 11.1. The second kappa shape index (κ2) is 16.4. The van der Waals surface area contributed by atoms with Crippen LogP contribution in [0.15, 0.2) is 4.99 Å². The van der Waals surface area contributed by atoms with Gasteiger partial charge >= 0.3 is 5.97 Å². The molecule has 0 radical (unpaired) electrons. The molecule has 8 heteroatoms. The highest BCUT2D eigenvalue weighted by Crippen LogP contribution is 2.19. The lowest BCUT2D eigenvalue weighted by molar-refractivity contribution is -0.140. The Hall–Kier alpha value is -0.610. The van der Waals surface area contributed by atoms with E-state index in [9.17, 15) is 4.79 Å². The average molecular weight is 498 g/mol. The molecule has 27 heavy (non-hydrogen) atoms. The Morgan fingerprint density at radius 2 is 1.85 bits per heavy atom. The van der Waals surface area contributed by atoms with E-state index in [0.29, 0.717) is 18.4 Å². The molecule has 7 nitrogen and oxygen atoms in total. The predicted molar refractivity (Wildman–Crippen MR) is 121 cm³/mol. The number of nitrogens with one attached hydrogen (secondary N) is 2. The number of methoxy groups -OCH3 is 1. The van der Waals surface area contributed by atoms with Gasteiger partial charge in [0.05, 0.1) is 20.3 Å². The molecule has 1 atom stereocenters. The summed E-state index contributed by atoms with van der Waals surface area (Å²) in [7, 11) is 3.22. The van der Waals surface area contributed by atoms with Crippen molar-refractivity contribution in [3.8, 4) is 0 Å². The molecular weight excluding hydrogens is 459 g/mol. The zero-order valence-corrected chi connectivity index (χ0v) is 19.8. The van der Waals surface area contributed by atoms with E-state index in [1.54, 1.807) is 7.05 Å². The van der Waals surface area contributed by atoms with Crippen LogP contribution < -0.4 is 10.6 Å². The summed E-state index contributed by atoms with van der Waals surface area (Å²) in [6, 6.07) is 0.492. The summed E-state index contributed by atoms with van der Waals surface area (Å²) in [4.78, 5) is 18.0. The Balaban J connectivity index is 0.00000676. The second-order valence-corrected chi connectivity index (χ2v) is 6.71. The number of rotatable bonds is 11. The molecule has 0 amide bonds. The first kappa shape index (κ1) is 26.4. The largest absolute Gasteiger partial charge is 0.469 e. The number of aliphatic imine (C=N–C) groups is 1. The summed E-state index contributed by atoms with van der Waals surface area (Å²) in [5, 5.41) is 6.83. The molecule has 0 aromatic heterocycles. The monoisotopic (exact) mass is 498 g/mol. The van der Waals surface area contributed by atoms with Gasteiger partial charge in [-0.15, -0.1) is 24.0 Å². The van der Waals surface area contributed by atoms with E-state index < -0.39 is 0 Å². The minimum Gasteiger partial charge on any atom is -0.469 e. The normalized spacial score (nSPS) is 16.6. The van der Waals surface area contributed by atoms with Crippen molar-refractivity contribution >= 4 is 35.9 Å². The van der Waals surface area contributed by atoms with Crippen LogP contribution in [0.4, 0.5) is 0 Å². The van der Waals surface area contributed by atoms with Crippen LogP contribution >= 0.6 is 24.0 Å². The molecule has 1 rings (SSSR count). The fourth-order valence-corrected chi connectivity index (χ4v) is 3.46. The van der Waals surface area contributed by atoms with E-state index in [2.05, 4.69) is 39.1 Å². The summed E-state index contributed by atoms with van der Waals surface area (Å²) >= 11 is 0. The van der Waals surface area contributed by atoms with Crippen LogP contribution in [-0.4, -0.2) is 76.4 Å². The molecule has 1 heterocycles. The third-order valence-electron chi connectivity index (χ3n) is 5.14. The Labute approximate surface area is 182 Å². The Morgan fingerprint density at radius 1 is 1.19 bits per heavy atom. The number of halogens is 1. The van der Waals surface area contributed by atoms with Gasteiger partial charge in [-0.1, -0.05) is 26.7 Å². The molecule has 0 spiro atoms. The molecule has 1 fully saturated rings. The Morgan fingerprint density at radius 3 is 2.41 bits per heavy atom. The van der Waals surface area contributed by atoms with Crippen molar-refractivity contribution in [1.29, 1.82) is 0 Å². The summed E-state index contributed by atoms with van der Waals surface area (Å²) in [5.74, 6) is 1.34. The molecule has 0 bridgehead atoms. The maximum Gasteiger partial charge on any atom is 0.305 e. The number of hydrogen-bond donors (Lipinski definition) is 2. The molecule has 2 N–H and O–H groups in total. The predicted octanol–water partition coefficient (Wildman–Crippen LogP) is 2.25. The fourth-order valence-electron chi connectivity index (χ4n) is 3.46. The van der Waals surface area contributed by atoms with Gasteiger partial charge in [0.1, 0.15) is 0 Å². The van der Waals surface area contributed by atoms with Crippen molar-refractivity contribution in [1.82, 2.24) is 15.5 Å². The highest BCUT2D eigenvalue weighted by atomic mass is 127. The standard InChI is InChI=1S/C19H38N4O3.HI/c1-5-16(6-2)17(23-11-13-26-14-12-23)15-22-19(20-3)21-10-8-7-9-18(24)25-4;/h16-17H,5-15H2,1-4H3,(H2,20,21,22);1H. The maximum atomic E-state index is 11.1. The molecule has 0 saturated carbocycles. The van der Waals surface area contributed by atoms with Gasteiger partial charge in [-0.3, -0.25) is 14.7 Å². The third kappa shape index (κ3) is 10.5. The number of carbonyl (C=O) groups is 1.